The van der Waals surface area contributed by atoms with Crippen LogP contribution >= 0.6 is 0 Å². The van der Waals surface area contributed by atoms with Crippen LogP contribution in [0.5, 0.6) is 0 Å². The summed E-state index contributed by atoms with van der Waals surface area (Å²) in [6, 6.07) is 9.58. The smallest absolute Gasteiger partial charge is 0.315 e. The van der Waals surface area contributed by atoms with Gasteiger partial charge in [0.1, 0.15) is 0 Å². The molecule has 0 bridgehead atoms. The zero-order valence-electron chi connectivity index (χ0n) is 11.6. The number of aliphatic hydroxyl groups is 1. The van der Waals surface area contributed by atoms with Gasteiger partial charge in [0, 0.05) is 12.6 Å². The van der Waals surface area contributed by atoms with Crippen molar-refractivity contribution < 1.29 is 9.90 Å². The number of nitrogens with one attached hydrogen (secondary N) is 2. The van der Waals surface area contributed by atoms with Gasteiger partial charge in [-0.25, -0.2) is 4.79 Å². The van der Waals surface area contributed by atoms with Gasteiger partial charge in [0.25, 0.3) is 0 Å². The molecule has 0 spiro atoms. The number of amides is 2. The Morgan fingerprint density at radius 1 is 1.30 bits per heavy atom. The van der Waals surface area contributed by atoms with Crippen LogP contribution in [0, 0.1) is 0 Å². The third-order valence-electron chi connectivity index (χ3n) is 3.49. The highest BCUT2D eigenvalue weighted by Gasteiger charge is 2.13. The van der Waals surface area contributed by atoms with Crippen molar-refractivity contribution in [1.82, 2.24) is 10.6 Å². The lowest BCUT2D eigenvalue weighted by Crippen LogP contribution is -2.42. The van der Waals surface area contributed by atoms with Gasteiger partial charge in [-0.2, -0.15) is 0 Å². The third-order valence-corrected chi connectivity index (χ3v) is 3.49. The van der Waals surface area contributed by atoms with E-state index in [4.69, 9.17) is 0 Å². The molecule has 1 aromatic carbocycles. The normalized spacial score (nSPS) is 19.4. The van der Waals surface area contributed by atoms with Crippen molar-refractivity contribution in [2.45, 2.75) is 37.8 Å². The number of allylic oxidation sites excluding steroid dienone is 1. The fraction of sp³-hybridized carbons (Fsp3) is 0.438. The third kappa shape index (κ3) is 4.70. The van der Waals surface area contributed by atoms with Crippen molar-refractivity contribution in [3.8, 4) is 0 Å². The average molecular weight is 274 g/mol. The lowest BCUT2D eigenvalue weighted by Gasteiger charge is -2.20. The Labute approximate surface area is 119 Å². The Hall–Kier alpha value is -1.81. The highest BCUT2D eigenvalue weighted by molar-refractivity contribution is 5.74. The van der Waals surface area contributed by atoms with E-state index in [0.29, 0.717) is 13.0 Å². The first kappa shape index (κ1) is 14.6. The van der Waals surface area contributed by atoms with Crippen molar-refractivity contribution in [1.29, 1.82) is 0 Å². The summed E-state index contributed by atoms with van der Waals surface area (Å²) in [5.74, 6) is 0. The molecule has 0 saturated heterocycles. The topological polar surface area (TPSA) is 61.4 Å². The van der Waals surface area contributed by atoms with E-state index < -0.39 is 6.10 Å². The second kappa shape index (κ2) is 7.70. The molecule has 1 aliphatic carbocycles. The molecule has 3 N–H and O–H groups in total. The van der Waals surface area contributed by atoms with Crippen molar-refractivity contribution in [3.63, 3.8) is 0 Å². The fourth-order valence-corrected chi connectivity index (χ4v) is 2.33. The minimum atomic E-state index is -0.533. The molecule has 2 unspecified atom stereocenters. The van der Waals surface area contributed by atoms with Crippen LogP contribution in [0.25, 0.3) is 0 Å². The summed E-state index contributed by atoms with van der Waals surface area (Å²) in [5, 5.41) is 15.7. The zero-order chi connectivity index (χ0) is 14.2. The van der Waals surface area contributed by atoms with Gasteiger partial charge in [-0.15, -0.1) is 0 Å². The molecule has 0 heterocycles. The minimum Gasteiger partial charge on any atom is -0.388 e. The molecule has 0 aliphatic heterocycles. The maximum Gasteiger partial charge on any atom is 0.315 e. The number of benzene rings is 1. The maximum absolute atomic E-state index is 11.7. The Morgan fingerprint density at radius 3 is 2.80 bits per heavy atom. The summed E-state index contributed by atoms with van der Waals surface area (Å²) >= 11 is 0. The molecule has 2 atom stereocenters. The lowest BCUT2D eigenvalue weighted by atomic mass is 10.0. The number of carbonyl (C=O) groups excluding carboxylic acids is 1. The summed E-state index contributed by atoms with van der Waals surface area (Å²) in [6.45, 7) is 0.463. The van der Waals surface area contributed by atoms with E-state index in [1.165, 1.54) is 0 Å². The monoisotopic (exact) mass is 274 g/mol. The van der Waals surface area contributed by atoms with E-state index in [1.54, 1.807) is 0 Å². The van der Waals surface area contributed by atoms with Gasteiger partial charge < -0.3 is 15.7 Å². The van der Waals surface area contributed by atoms with Gasteiger partial charge >= 0.3 is 6.03 Å². The van der Waals surface area contributed by atoms with Crippen LogP contribution in [0.1, 0.15) is 37.4 Å². The van der Waals surface area contributed by atoms with Gasteiger partial charge in [-0.3, -0.25) is 0 Å². The zero-order valence-corrected chi connectivity index (χ0v) is 11.6. The first-order chi connectivity index (χ1) is 9.75. The van der Waals surface area contributed by atoms with Gasteiger partial charge in [0.15, 0.2) is 0 Å². The van der Waals surface area contributed by atoms with E-state index >= 15 is 0 Å². The molecule has 0 aromatic heterocycles. The van der Waals surface area contributed by atoms with Crippen LogP contribution in [-0.4, -0.2) is 23.7 Å². The molecule has 2 rings (SSSR count). The predicted molar refractivity (Wildman–Crippen MR) is 79.3 cm³/mol. The first-order valence-corrected chi connectivity index (χ1v) is 7.18. The average Bonchev–Trinajstić information content (AvgIpc) is 2.49. The van der Waals surface area contributed by atoms with Gasteiger partial charge in [-0.05, 0) is 31.2 Å². The number of hydrogen-bond acceptors (Lipinski definition) is 2. The number of aliphatic hydroxyl groups excluding tert-OH is 1. The fourth-order valence-electron chi connectivity index (χ4n) is 2.33. The predicted octanol–water partition coefficient (Wildman–Crippen LogP) is 2.52. The molecule has 2 amide bonds. The van der Waals surface area contributed by atoms with Crippen LogP contribution in [0.3, 0.4) is 0 Å². The molecule has 0 radical (unpaired) electrons. The number of urea groups is 1. The van der Waals surface area contributed by atoms with Crippen LogP contribution in [0.15, 0.2) is 42.5 Å². The molecule has 1 aromatic rings. The highest BCUT2D eigenvalue weighted by atomic mass is 16.3. The second-order valence-corrected chi connectivity index (χ2v) is 5.10. The van der Waals surface area contributed by atoms with Crippen LogP contribution < -0.4 is 10.6 Å². The van der Waals surface area contributed by atoms with E-state index in [0.717, 1.165) is 24.8 Å². The summed E-state index contributed by atoms with van der Waals surface area (Å²) in [4.78, 5) is 11.7. The standard InChI is InChI=1S/C16H22N2O2/c19-15(13-7-3-1-4-8-13)11-12-17-16(20)18-14-9-5-2-6-10-14/h1-5,7-8,14-15,19H,6,9-12H2,(H2,17,18,20). The second-order valence-electron chi connectivity index (χ2n) is 5.10. The van der Waals surface area contributed by atoms with Gasteiger partial charge in [0.2, 0.25) is 0 Å². The SMILES string of the molecule is O=C(NCCC(O)c1ccccc1)NC1CC=CCC1. The van der Waals surface area contributed by atoms with Crippen molar-refractivity contribution in [3.05, 3.63) is 48.0 Å². The van der Waals surface area contributed by atoms with Crippen LogP contribution in [0.4, 0.5) is 4.79 Å². The molecule has 4 heteroatoms. The summed E-state index contributed by atoms with van der Waals surface area (Å²) in [5.41, 5.74) is 0.882. The molecule has 0 fully saturated rings. The molecule has 20 heavy (non-hydrogen) atoms. The molecule has 108 valence electrons. The van der Waals surface area contributed by atoms with E-state index in [-0.39, 0.29) is 12.1 Å². The molecular formula is C16H22N2O2. The number of hydrogen-bond donors (Lipinski definition) is 3. The lowest BCUT2D eigenvalue weighted by molar-refractivity contribution is 0.166. The number of carbonyl (C=O) groups is 1. The maximum atomic E-state index is 11.7. The minimum absolute atomic E-state index is 0.148. The molecule has 4 nitrogen and oxygen atoms in total. The Balaban J connectivity index is 1.65. The van der Waals surface area contributed by atoms with Gasteiger partial charge in [0.05, 0.1) is 6.10 Å². The van der Waals surface area contributed by atoms with Crippen LogP contribution in [0.2, 0.25) is 0 Å². The Bertz CT molecular complexity index is 445. The number of rotatable bonds is 5. The Kier molecular flexibility index (Phi) is 5.62. The van der Waals surface area contributed by atoms with Crippen LogP contribution in [-0.2, 0) is 0 Å². The summed E-state index contributed by atoms with van der Waals surface area (Å²) < 4.78 is 0. The summed E-state index contributed by atoms with van der Waals surface area (Å²) in [7, 11) is 0. The first-order valence-electron chi connectivity index (χ1n) is 7.18. The van der Waals surface area contributed by atoms with Crippen molar-refractivity contribution in [2.24, 2.45) is 0 Å². The van der Waals surface area contributed by atoms with E-state index in [9.17, 15) is 9.90 Å². The van der Waals surface area contributed by atoms with E-state index in [1.807, 2.05) is 30.3 Å². The highest BCUT2D eigenvalue weighted by Crippen LogP contribution is 2.15. The molecule has 1 aliphatic rings. The molecular weight excluding hydrogens is 252 g/mol. The summed E-state index contributed by atoms with van der Waals surface area (Å²) in [6.07, 6.45) is 7.16. The van der Waals surface area contributed by atoms with Crippen molar-refractivity contribution >= 4 is 6.03 Å². The van der Waals surface area contributed by atoms with Gasteiger partial charge in [-0.1, -0.05) is 42.5 Å². The molecule has 0 saturated carbocycles. The van der Waals surface area contributed by atoms with Crippen molar-refractivity contribution in [2.75, 3.05) is 6.54 Å². The largest absolute Gasteiger partial charge is 0.388 e. The Morgan fingerprint density at radius 2 is 2.10 bits per heavy atom. The van der Waals surface area contributed by atoms with E-state index in [2.05, 4.69) is 22.8 Å². The quantitative estimate of drug-likeness (QED) is 0.722.